The average Bonchev–Trinajstić information content (AvgIpc) is 2.77. The Morgan fingerprint density at radius 3 is 2.23 bits per heavy atom. The minimum absolute atomic E-state index is 0.397. The molecule has 0 aromatic heterocycles. The normalized spacial score (nSPS) is 66.4. The third-order valence-electron chi connectivity index (χ3n) is 4.85. The fraction of sp³-hybridized carbons (Fsp3) is 0.909. The number of rotatable bonds is 0. The van der Waals surface area contributed by atoms with Crippen LogP contribution in [0.4, 0.5) is 0 Å². The molecule has 4 fully saturated rings. The number of hydrogen-bond acceptors (Lipinski definition) is 1. The smallest absolute Gasteiger partial charge is 0.101 e. The molecule has 2 heteroatoms. The minimum Gasteiger partial charge on any atom is -0.282 e. The van der Waals surface area contributed by atoms with Gasteiger partial charge >= 0.3 is 0 Å². The minimum atomic E-state index is 0.397. The van der Waals surface area contributed by atoms with Crippen LogP contribution in [0.25, 0.3) is 0 Å². The highest BCUT2D eigenvalue weighted by atomic mass is 79.9. The van der Waals surface area contributed by atoms with Crippen molar-refractivity contribution < 1.29 is 0 Å². The second-order valence-corrected chi connectivity index (χ2v) is 7.32. The van der Waals surface area contributed by atoms with Gasteiger partial charge in [-0.05, 0) is 49.9 Å². The van der Waals surface area contributed by atoms with Crippen molar-refractivity contribution in [1.82, 2.24) is 0 Å². The van der Waals surface area contributed by atoms with Gasteiger partial charge in [-0.3, -0.25) is 4.99 Å². The van der Waals surface area contributed by atoms with Gasteiger partial charge in [-0.15, -0.1) is 0 Å². The highest BCUT2D eigenvalue weighted by Gasteiger charge is 2.64. The quantitative estimate of drug-likeness (QED) is 0.577. The van der Waals surface area contributed by atoms with Crippen molar-refractivity contribution in [2.75, 3.05) is 0 Å². The van der Waals surface area contributed by atoms with E-state index >= 15 is 0 Å². The monoisotopic (exact) mass is 239 g/mol. The van der Waals surface area contributed by atoms with Crippen molar-refractivity contribution in [3.8, 4) is 0 Å². The topological polar surface area (TPSA) is 12.4 Å². The van der Waals surface area contributed by atoms with E-state index in [1.54, 1.807) is 0 Å². The summed E-state index contributed by atoms with van der Waals surface area (Å²) in [5, 5.41) is 0. The highest BCUT2D eigenvalue weighted by Crippen LogP contribution is 2.65. The Kier molecular flexibility index (Phi) is 1.09. The largest absolute Gasteiger partial charge is 0.282 e. The third-order valence-corrected chi connectivity index (χ3v) is 5.82. The molecule has 0 radical (unpaired) electrons. The average molecular weight is 240 g/mol. The SMILES string of the molecule is BrC12CC3C[C@H](C1)C1(C=N1)[C@@H](C3)C2. The molecular weight excluding hydrogens is 226 g/mol. The molecule has 0 N–H and O–H groups in total. The van der Waals surface area contributed by atoms with Gasteiger partial charge < -0.3 is 0 Å². The van der Waals surface area contributed by atoms with E-state index in [-0.39, 0.29) is 0 Å². The van der Waals surface area contributed by atoms with Gasteiger partial charge in [0, 0.05) is 10.5 Å². The zero-order valence-electron chi connectivity index (χ0n) is 7.67. The van der Waals surface area contributed by atoms with E-state index in [9.17, 15) is 0 Å². The molecule has 4 bridgehead atoms. The van der Waals surface area contributed by atoms with Gasteiger partial charge in [-0.25, -0.2) is 0 Å². The molecule has 1 nitrogen and oxygen atoms in total. The van der Waals surface area contributed by atoms with Gasteiger partial charge in [0.1, 0.15) is 5.54 Å². The van der Waals surface area contributed by atoms with Crippen LogP contribution in [0, 0.1) is 17.8 Å². The number of hydrogen-bond donors (Lipinski definition) is 0. The summed E-state index contributed by atoms with van der Waals surface area (Å²) in [7, 11) is 0. The molecule has 0 saturated heterocycles. The molecule has 1 spiro atoms. The van der Waals surface area contributed by atoms with E-state index in [4.69, 9.17) is 0 Å². The maximum atomic E-state index is 4.62. The third kappa shape index (κ3) is 0.776. The predicted molar refractivity (Wildman–Crippen MR) is 56.4 cm³/mol. The van der Waals surface area contributed by atoms with Crippen molar-refractivity contribution in [3.63, 3.8) is 0 Å². The van der Waals surface area contributed by atoms with E-state index in [1.807, 2.05) is 0 Å². The predicted octanol–water partition coefficient (Wildman–Crippen LogP) is 2.78. The number of alkyl halides is 1. The zero-order valence-corrected chi connectivity index (χ0v) is 9.26. The van der Waals surface area contributed by atoms with Gasteiger partial charge in [0.2, 0.25) is 0 Å². The molecular formula is C11H14BrN. The molecule has 1 heterocycles. The van der Waals surface area contributed by atoms with Gasteiger partial charge in [-0.2, -0.15) is 0 Å². The van der Waals surface area contributed by atoms with E-state index in [1.165, 1.54) is 32.1 Å². The summed E-state index contributed by atoms with van der Waals surface area (Å²) in [6.07, 6.45) is 9.40. The second-order valence-electron chi connectivity index (χ2n) is 5.64. The Morgan fingerprint density at radius 1 is 1.15 bits per heavy atom. The summed E-state index contributed by atoms with van der Waals surface area (Å²) in [5.74, 6) is 2.82. The lowest BCUT2D eigenvalue weighted by atomic mass is 9.51. The zero-order chi connectivity index (χ0) is 8.68. The first kappa shape index (κ1) is 7.44. The van der Waals surface area contributed by atoms with Crippen LogP contribution in [-0.2, 0) is 0 Å². The van der Waals surface area contributed by atoms with Crippen LogP contribution in [0.2, 0.25) is 0 Å². The first-order valence-electron chi connectivity index (χ1n) is 5.46. The molecule has 0 amide bonds. The highest BCUT2D eigenvalue weighted by molar-refractivity contribution is 9.10. The van der Waals surface area contributed by atoms with Crippen LogP contribution < -0.4 is 0 Å². The Balaban J connectivity index is 1.79. The van der Waals surface area contributed by atoms with E-state index < -0.39 is 0 Å². The summed E-state index contributed by atoms with van der Waals surface area (Å²) in [5.41, 5.74) is 0.397. The first-order chi connectivity index (χ1) is 6.20. The summed E-state index contributed by atoms with van der Waals surface area (Å²) in [4.78, 5) is 4.62. The number of halogens is 1. The fourth-order valence-electron chi connectivity index (χ4n) is 4.42. The van der Waals surface area contributed by atoms with E-state index in [2.05, 4.69) is 27.1 Å². The van der Waals surface area contributed by atoms with E-state index in [0.717, 1.165) is 17.8 Å². The van der Waals surface area contributed by atoms with Crippen LogP contribution in [0.3, 0.4) is 0 Å². The molecule has 5 rings (SSSR count). The van der Waals surface area contributed by atoms with Crippen LogP contribution in [-0.4, -0.2) is 16.1 Å². The van der Waals surface area contributed by atoms with Crippen molar-refractivity contribution in [2.24, 2.45) is 22.7 Å². The molecule has 70 valence electrons. The van der Waals surface area contributed by atoms with Gasteiger partial charge in [0.15, 0.2) is 0 Å². The van der Waals surface area contributed by atoms with Crippen LogP contribution in [0.5, 0.6) is 0 Å². The summed E-state index contributed by atoms with van der Waals surface area (Å²) in [6.45, 7) is 0. The molecule has 1 aliphatic heterocycles. The molecule has 0 aromatic carbocycles. The molecule has 0 aromatic rings. The Labute approximate surface area is 87.1 Å². The maximum Gasteiger partial charge on any atom is 0.101 e. The lowest BCUT2D eigenvalue weighted by Gasteiger charge is -2.57. The number of aliphatic imine (C=N–C) groups is 1. The van der Waals surface area contributed by atoms with Crippen molar-refractivity contribution >= 4 is 22.1 Å². The van der Waals surface area contributed by atoms with Crippen molar-refractivity contribution in [2.45, 2.75) is 42.0 Å². The molecule has 4 saturated carbocycles. The lowest BCUT2D eigenvalue weighted by molar-refractivity contribution is 0.0123. The van der Waals surface area contributed by atoms with Crippen molar-refractivity contribution in [3.05, 3.63) is 0 Å². The fourth-order valence-corrected chi connectivity index (χ4v) is 5.66. The Bertz CT molecular complexity index is 285. The molecule has 3 unspecified atom stereocenters. The lowest BCUT2D eigenvalue weighted by Crippen LogP contribution is -2.57. The molecule has 5 aliphatic rings. The number of nitrogens with zero attached hydrogens (tertiary/aromatic N) is 1. The van der Waals surface area contributed by atoms with Gasteiger partial charge in [-0.1, -0.05) is 15.9 Å². The second kappa shape index (κ2) is 1.91. The van der Waals surface area contributed by atoms with Crippen molar-refractivity contribution in [1.29, 1.82) is 0 Å². The van der Waals surface area contributed by atoms with Crippen LogP contribution in [0.1, 0.15) is 32.1 Å². The van der Waals surface area contributed by atoms with Crippen LogP contribution in [0.15, 0.2) is 4.99 Å². The van der Waals surface area contributed by atoms with Gasteiger partial charge in [0.05, 0.1) is 0 Å². The van der Waals surface area contributed by atoms with E-state index in [0.29, 0.717) is 9.86 Å². The molecule has 4 aliphatic carbocycles. The van der Waals surface area contributed by atoms with Crippen LogP contribution >= 0.6 is 15.9 Å². The molecule has 13 heavy (non-hydrogen) atoms. The Hall–Kier alpha value is 0.150. The Morgan fingerprint density at radius 2 is 1.77 bits per heavy atom. The maximum absolute atomic E-state index is 4.62. The standard InChI is InChI=1S/C11H14BrN/c12-10-3-7-1-8(4-10)11(6-13-11)9(2-7)5-10/h6-9H,1-5H2/t7?,8-,9+,10?,11?. The summed E-state index contributed by atoms with van der Waals surface area (Å²) in [6, 6.07) is 0. The summed E-state index contributed by atoms with van der Waals surface area (Å²) < 4.78 is 0.528. The summed E-state index contributed by atoms with van der Waals surface area (Å²) >= 11 is 3.98. The first-order valence-corrected chi connectivity index (χ1v) is 6.25. The molecule has 5 atom stereocenters. The van der Waals surface area contributed by atoms with Gasteiger partial charge in [0.25, 0.3) is 0 Å².